The number of benzene rings is 2. The molecule has 0 atom stereocenters. The molecule has 5 nitrogen and oxygen atoms in total. The van der Waals surface area contributed by atoms with E-state index < -0.39 is 5.82 Å². The first-order valence-corrected chi connectivity index (χ1v) is 6.70. The number of aliphatic hydroxyl groups is 1. The molecule has 0 aliphatic carbocycles. The lowest BCUT2D eigenvalue weighted by atomic mass is 10.2. The van der Waals surface area contributed by atoms with E-state index in [1.54, 1.807) is 30.3 Å². The van der Waals surface area contributed by atoms with Gasteiger partial charge in [-0.2, -0.15) is 0 Å². The van der Waals surface area contributed by atoms with E-state index in [4.69, 9.17) is 19.3 Å². The molecule has 6 heteroatoms. The van der Waals surface area contributed by atoms with E-state index in [9.17, 15) is 4.39 Å². The van der Waals surface area contributed by atoms with Crippen molar-refractivity contribution >= 4 is 11.4 Å². The molecular formula is C16H18FNO4. The van der Waals surface area contributed by atoms with Crippen molar-refractivity contribution in [1.29, 1.82) is 0 Å². The van der Waals surface area contributed by atoms with Gasteiger partial charge in [0.1, 0.15) is 6.61 Å². The molecule has 0 saturated heterocycles. The molecule has 0 heterocycles. The average molecular weight is 307 g/mol. The first-order valence-electron chi connectivity index (χ1n) is 6.70. The van der Waals surface area contributed by atoms with E-state index >= 15 is 0 Å². The Morgan fingerprint density at radius 1 is 1.09 bits per heavy atom. The Balaban J connectivity index is 2.28. The van der Waals surface area contributed by atoms with Crippen LogP contribution in [0.4, 0.5) is 15.8 Å². The topological polar surface area (TPSA) is 60.0 Å². The summed E-state index contributed by atoms with van der Waals surface area (Å²) >= 11 is 0. The summed E-state index contributed by atoms with van der Waals surface area (Å²) in [6.07, 6.45) is 0. The van der Waals surface area contributed by atoms with Gasteiger partial charge in [-0.1, -0.05) is 6.07 Å². The van der Waals surface area contributed by atoms with Crippen LogP contribution >= 0.6 is 0 Å². The Labute approximate surface area is 128 Å². The second-order valence-electron chi connectivity index (χ2n) is 4.38. The summed E-state index contributed by atoms with van der Waals surface area (Å²) in [4.78, 5) is 0. The first-order chi connectivity index (χ1) is 10.7. The lowest BCUT2D eigenvalue weighted by Crippen LogP contribution is -2.04. The van der Waals surface area contributed by atoms with Crippen LogP contribution in [-0.2, 0) is 0 Å². The number of nitrogens with one attached hydrogen (secondary N) is 1. The van der Waals surface area contributed by atoms with Crippen molar-refractivity contribution in [2.75, 3.05) is 32.8 Å². The Morgan fingerprint density at radius 3 is 2.59 bits per heavy atom. The molecule has 2 aromatic carbocycles. The third-order valence-electron chi connectivity index (χ3n) is 2.96. The zero-order chi connectivity index (χ0) is 15.9. The minimum atomic E-state index is -0.431. The molecule has 2 N–H and O–H groups in total. The summed E-state index contributed by atoms with van der Waals surface area (Å²) < 4.78 is 29.2. The van der Waals surface area contributed by atoms with Gasteiger partial charge in [0.05, 0.1) is 26.5 Å². The summed E-state index contributed by atoms with van der Waals surface area (Å²) in [6.45, 7) is 0.0835. The van der Waals surface area contributed by atoms with Gasteiger partial charge in [-0.15, -0.1) is 0 Å². The number of anilines is 2. The molecule has 0 spiro atoms. The molecule has 0 aromatic heterocycles. The highest BCUT2D eigenvalue weighted by atomic mass is 19.1. The third kappa shape index (κ3) is 3.59. The highest BCUT2D eigenvalue weighted by molar-refractivity contribution is 5.70. The predicted octanol–water partition coefficient (Wildman–Crippen LogP) is 2.96. The predicted molar refractivity (Wildman–Crippen MR) is 81.8 cm³/mol. The van der Waals surface area contributed by atoms with Crippen LogP contribution in [0.1, 0.15) is 0 Å². The van der Waals surface area contributed by atoms with Gasteiger partial charge in [-0.05, 0) is 24.3 Å². The molecule has 0 bridgehead atoms. The Bertz CT molecular complexity index is 634. The van der Waals surface area contributed by atoms with Gasteiger partial charge >= 0.3 is 0 Å². The molecule has 0 amide bonds. The lowest BCUT2D eigenvalue weighted by molar-refractivity contribution is 0.196. The maximum absolute atomic E-state index is 13.4. The number of aliphatic hydroxyl groups excluding tert-OH is 1. The number of para-hydroxylation sites is 1. The van der Waals surface area contributed by atoms with Gasteiger partial charge in [0.2, 0.25) is 0 Å². The fourth-order valence-electron chi connectivity index (χ4n) is 1.99. The quantitative estimate of drug-likeness (QED) is 0.823. The zero-order valence-electron chi connectivity index (χ0n) is 12.4. The lowest BCUT2D eigenvalue weighted by Gasteiger charge is -2.15. The molecular weight excluding hydrogens is 289 g/mol. The van der Waals surface area contributed by atoms with Gasteiger partial charge in [0.15, 0.2) is 23.1 Å². The molecule has 0 aliphatic heterocycles. The van der Waals surface area contributed by atoms with E-state index in [0.29, 0.717) is 22.9 Å². The minimum Gasteiger partial charge on any atom is -0.494 e. The van der Waals surface area contributed by atoms with E-state index in [-0.39, 0.29) is 19.0 Å². The Kier molecular flexibility index (Phi) is 5.43. The van der Waals surface area contributed by atoms with Gasteiger partial charge in [-0.25, -0.2) is 4.39 Å². The zero-order valence-corrected chi connectivity index (χ0v) is 12.4. The Morgan fingerprint density at radius 2 is 1.91 bits per heavy atom. The van der Waals surface area contributed by atoms with E-state index in [0.717, 1.165) is 0 Å². The maximum Gasteiger partial charge on any atom is 0.184 e. The number of rotatable bonds is 7. The monoisotopic (exact) mass is 307 g/mol. The third-order valence-corrected chi connectivity index (χ3v) is 2.96. The fourth-order valence-corrected chi connectivity index (χ4v) is 1.99. The number of halogens is 1. The normalized spacial score (nSPS) is 10.2. The van der Waals surface area contributed by atoms with Crippen LogP contribution in [0, 0.1) is 5.82 Å². The second-order valence-corrected chi connectivity index (χ2v) is 4.38. The van der Waals surface area contributed by atoms with E-state index in [1.165, 1.54) is 20.3 Å². The van der Waals surface area contributed by atoms with Crippen LogP contribution < -0.4 is 19.5 Å². The van der Waals surface area contributed by atoms with Gasteiger partial charge < -0.3 is 24.6 Å². The molecule has 0 radical (unpaired) electrons. The smallest absolute Gasteiger partial charge is 0.184 e. The molecule has 2 aromatic rings. The summed E-state index contributed by atoms with van der Waals surface area (Å²) in [5, 5.41) is 12.0. The van der Waals surface area contributed by atoms with Crippen LogP contribution in [0.3, 0.4) is 0 Å². The fraction of sp³-hybridized carbons (Fsp3) is 0.250. The highest BCUT2D eigenvalue weighted by Gasteiger charge is 2.11. The molecule has 22 heavy (non-hydrogen) atoms. The molecule has 0 unspecified atom stereocenters. The van der Waals surface area contributed by atoms with Crippen molar-refractivity contribution in [1.82, 2.24) is 0 Å². The van der Waals surface area contributed by atoms with Crippen LogP contribution in [0.15, 0.2) is 36.4 Å². The summed E-state index contributed by atoms with van der Waals surface area (Å²) in [5.74, 6) is 0.728. The van der Waals surface area contributed by atoms with Crippen molar-refractivity contribution in [3.05, 3.63) is 42.2 Å². The Hall–Kier alpha value is -2.47. The summed E-state index contributed by atoms with van der Waals surface area (Å²) in [6, 6.07) is 9.80. The van der Waals surface area contributed by atoms with E-state index in [1.807, 2.05) is 0 Å². The summed E-state index contributed by atoms with van der Waals surface area (Å²) in [7, 11) is 2.93. The standard InChI is InChI=1S/C16H18FNO4/c1-20-15-10-11(6-7-12(15)17)18-13-4-3-5-14(16(13)21-2)22-9-8-19/h3-7,10,18-19H,8-9H2,1-2H3. The van der Waals surface area contributed by atoms with Crippen molar-refractivity contribution < 1.29 is 23.7 Å². The maximum atomic E-state index is 13.4. The largest absolute Gasteiger partial charge is 0.494 e. The number of hydrogen-bond donors (Lipinski definition) is 2. The number of hydrogen-bond acceptors (Lipinski definition) is 5. The molecule has 118 valence electrons. The van der Waals surface area contributed by atoms with Crippen LogP contribution in [0.25, 0.3) is 0 Å². The van der Waals surface area contributed by atoms with Crippen LogP contribution in [-0.4, -0.2) is 32.5 Å². The van der Waals surface area contributed by atoms with Crippen molar-refractivity contribution in [2.24, 2.45) is 0 Å². The van der Waals surface area contributed by atoms with Crippen molar-refractivity contribution in [3.8, 4) is 17.2 Å². The van der Waals surface area contributed by atoms with Crippen LogP contribution in [0.2, 0.25) is 0 Å². The molecule has 0 saturated carbocycles. The number of ether oxygens (including phenoxy) is 3. The van der Waals surface area contributed by atoms with Crippen molar-refractivity contribution in [2.45, 2.75) is 0 Å². The highest BCUT2D eigenvalue weighted by Crippen LogP contribution is 2.37. The first kappa shape index (κ1) is 15.9. The molecule has 2 rings (SSSR count). The second kappa shape index (κ2) is 7.51. The summed E-state index contributed by atoms with van der Waals surface area (Å²) in [5.41, 5.74) is 1.31. The molecule has 0 aliphatic rings. The van der Waals surface area contributed by atoms with Gasteiger partial charge in [-0.3, -0.25) is 0 Å². The van der Waals surface area contributed by atoms with Gasteiger partial charge in [0.25, 0.3) is 0 Å². The van der Waals surface area contributed by atoms with Crippen LogP contribution in [0.5, 0.6) is 17.2 Å². The average Bonchev–Trinajstić information content (AvgIpc) is 2.54. The SMILES string of the molecule is COc1cc(Nc2cccc(OCCO)c2OC)ccc1F. The van der Waals surface area contributed by atoms with E-state index in [2.05, 4.69) is 5.32 Å². The van der Waals surface area contributed by atoms with Crippen molar-refractivity contribution in [3.63, 3.8) is 0 Å². The minimum absolute atomic E-state index is 0.0873. The number of methoxy groups -OCH3 is 2. The van der Waals surface area contributed by atoms with Gasteiger partial charge in [0, 0.05) is 11.8 Å². The molecule has 0 fully saturated rings.